The monoisotopic (exact) mass is 379 g/mol. The fourth-order valence-corrected chi connectivity index (χ4v) is 4.30. The van der Waals surface area contributed by atoms with Crippen LogP contribution in [-0.4, -0.2) is 55.0 Å². The molecule has 0 aromatic heterocycles. The highest BCUT2D eigenvalue weighted by molar-refractivity contribution is 5.94. The van der Waals surface area contributed by atoms with Crippen molar-refractivity contribution in [1.29, 1.82) is 0 Å². The van der Waals surface area contributed by atoms with Crippen molar-refractivity contribution in [3.8, 4) is 0 Å². The van der Waals surface area contributed by atoms with E-state index in [1.807, 2.05) is 30.9 Å². The predicted octanol–water partition coefficient (Wildman–Crippen LogP) is 4.65. The Kier molecular flexibility index (Phi) is 6.74. The van der Waals surface area contributed by atoms with Crippen LogP contribution in [0.15, 0.2) is 54.6 Å². The lowest BCUT2D eigenvalue weighted by molar-refractivity contribution is 0.0773. The SMILES string of the molecule is CCN(CC)C(=O)c1ccc(N(c2ccccc2)[C@H]2CCN(C)C[C@@H]2C)cc1. The summed E-state index contributed by atoms with van der Waals surface area (Å²) in [6.07, 6.45) is 1.13. The molecule has 0 bridgehead atoms. The molecule has 4 heteroatoms. The van der Waals surface area contributed by atoms with Gasteiger partial charge in [0.2, 0.25) is 0 Å². The minimum Gasteiger partial charge on any atom is -0.339 e. The van der Waals surface area contributed by atoms with E-state index in [1.165, 1.54) is 5.69 Å². The third kappa shape index (κ3) is 4.39. The number of hydrogen-bond donors (Lipinski definition) is 0. The Bertz CT molecular complexity index is 755. The summed E-state index contributed by atoms with van der Waals surface area (Å²) in [5.41, 5.74) is 3.13. The number of anilines is 2. The first-order valence-electron chi connectivity index (χ1n) is 10.5. The fraction of sp³-hybridized carbons (Fsp3) is 0.458. The van der Waals surface area contributed by atoms with Crippen LogP contribution >= 0.6 is 0 Å². The minimum atomic E-state index is 0.107. The van der Waals surface area contributed by atoms with E-state index in [0.717, 1.165) is 43.9 Å². The van der Waals surface area contributed by atoms with Gasteiger partial charge < -0.3 is 14.7 Å². The van der Waals surface area contributed by atoms with E-state index in [1.54, 1.807) is 0 Å². The van der Waals surface area contributed by atoms with E-state index < -0.39 is 0 Å². The van der Waals surface area contributed by atoms with Crippen LogP contribution in [0.25, 0.3) is 0 Å². The highest BCUT2D eigenvalue weighted by Gasteiger charge is 2.30. The number of piperidine rings is 1. The molecule has 2 atom stereocenters. The van der Waals surface area contributed by atoms with Crippen LogP contribution in [0.4, 0.5) is 11.4 Å². The lowest BCUT2D eigenvalue weighted by atomic mass is 9.91. The van der Waals surface area contributed by atoms with Gasteiger partial charge in [-0.05, 0) is 76.2 Å². The summed E-state index contributed by atoms with van der Waals surface area (Å²) in [6.45, 7) is 10.1. The second-order valence-electron chi connectivity index (χ2n) is 7.83. The normalized spacial score (nSPS) is 20.0. The molecule has 1 heterocycles. The molecule has 0 N–H and O–H groups in total. The highest BCUT2D eigenvalue weighted by Crippen LogP contribution is 2.34. The summed E-state index contributed by atoms with van der Waals surface area (Å²) in [6, 6.07) is 19.2. The molecule has 1 aliphatic heterocycles. The van der Waals surface area contributed by atoms with Crippen LogP contribution in [0.2, 0.25) is 0 Å². The second-order valence-corrected chi connectivity index (χ2v) is 7.83. The number of benzene rings is 2. The van der Waals surface area contributed by atoms with Gasteiger partial charge in [-0.1, -0.05) is 25.1 Å². The van der Waals surface area contributed by atoms with Crippen LogP contribution in [0.1, 0.15) is 37.6 Å². The van der Waals surface area contributed by atoms with Gasteiger partial charge in [-0.25, -0.2) is 0 Å². The van der Waals surface area contributed by atoms with Gasteiger partial charge in [0.05, 0.1) is 0 Å². The van der Waals surface area contributed by atoms with Gasteiger partial charge in [0.25, 0.3) is 5.91 Å². The third-order valence-corrected chi connectivity index (χ3v) is 5.87. The molecule has 2 aromatic rings. The topological polar surface area (TPSA) is 26.8 Å². The maximum absolute atomic E-state index is 12.7. The molecule has 2 aromatic carbocycles. The molecule has 150 valence electrons. The van der Waals surface area contributed by atoms with Gasteiger partial charge in [-0.2, -0.15) is 0 Å². The molecular formula is C24H33N3O. The number of carbonyl (C=O) groups is 1. The molecule has 0 radical (unpaired) electrons. The molecule has 28 heavy (non-hydrogen) atoms. The smallest absolute Gasteiger partial charge is 0.253 e. The Morgan fingerprint density at radius 3 is 2.18 bits per heavy atom. The minimum absolute atomic E-state index is 0.107. The molecule has 1 saturated heterocycles. The first-order valence-corrected chi connectivity index (χ1v) is 10.5. The van der Waals surface area contributed by atoms with Crippen molar-refractivity contribution in [1.82, 2.24) is 9.80 Å². The third-order valence-electron chi connectivity index (χ3n) is 5.87. The Morgan fingerprint density at radius 1 is 1.00 bits per heavy atom. The lowest BCUT2D eigenvalue weighted by Gasteiger charge is -2.43. The van der Waals surface area contributed by atoms with Gasteiger partial charge in [0.15, 0.2) is 0 Å². The Morgan fingerprint density at radius 2 is 1.61 bits per heavy atom. The Balaban J connectivity index is 1.92. The van der Waals surface area contributed by atoms with Gasteiger partial charge in [0.1, 0.15) is 0 Å². The van der Waals surface area contributed by atoms with Crippen LogP contribution in [0.5, 0.6) is 0 Å². The zero-order valence-electron chi connectivity index (χ0n) is 17.6. The molecule has 1 amide bonds. The van der Waals surface area contributed by atoms with Crippen molar-refractivity contribution in [2.24, 2.45) is 5.92 Å². The van der Waals surface area contributed by atoms with E-state index >= 15 is 0 Å². The van der Waals surface area contributed by atoms with E-state index in [4.69, 9.17) is 0 Å². The number of para-hydroxylation sites is 1. The van der Waals surface area contributed by atoms with Crippen molar-refractivity contribution >= 4 is 17.3 Å². The highest BCUT2D eigenvalue weighted by atomic mass is 16.2. The number of hydrogen-bond acceptors (Lipinski definition) is 3. The van der Waals surface area contributed by atoms with E-state index in [-0.39, 0.29) is 5.91 Å². The molecule has 0 spiro atoms. The van der Waals surface area contributed by atoms with Gasteiger partial charge in [-0.3, -0.25) is 4.79 Å². The van der Waals surface area contributed by atoms with Crippen molar-refractivity contribution < 1.29 is 4.79 Å². The summed E-state index contributed by atoms with van der Waals surface area (Å²) in [4.78, 5) is 19.4. The molecule has 3 rings (SSSR count). The van der Waals surface area contributed by atoms with Gasteiger partial charge in [0, 0.05) is 42.6 Å². The molecule has 0 unspecified atom stereocenters. The van der Waals surface area contributed by atoms with Crippen LogP contribution in [0.3, 0.4) is 0 Å². The summed E-state index contributed by atoms with van der Waals surface area (Å²) in [7, 11) is 2.20. The number of nitrogens with zero attached hydrogens (tertiary/aromatic N) is 3. The van der Waals surface area contributed by atoms with E-state index in [9.17, 15) is 4.79 Å². The standard InChI is InChI=1S/C24H33N3O/c1-5-26(6-2)24(28)20-12-14-22(15-13-20)27(21-10-8-7-9-11-21)23-16-17-25(4)18-19(23)3/h7-15,19,23H,5-6,16-18H2,1-4H3/t19-,23-/m0/s1. The molecule has 0 aliphatic carbocycles. The number of rotatable bonds is 6. The number of likely N-dealkylation sites (tertiary alicyclic amines) is 1. The van der Waals surface area contributed by atoms with Gasteiger partial charge >= 0.3 is 0 Å². The zero-order chi connectivity index (χ0) is 20.1. The van der Waals surface area contributed by atoms with Gasteiger partial charge in [-0.15, -0.1) is 0 Å². The molecule has 4 nitrogen and oxygen atoms in total. The van der Waals surface area contributed by atoms with E-state index in [2.05, 4.69) is 66.2 Å². The van der Waals surface area contributed by atoms with Crippen LogP contribution < -0.4 is 4.90 Å². The van der Waals surface area contributed by atoms with Crippen LogP contribution in [0, 0.1) is 5.92 Å². The maximum atomic E-state index is 12.7. The summed E-state index contributed by atoms with van der Waals surface area (Å²) in [5, 5.41) is 0. The largest absolute Gasteiger partial charge is 0.339 e. The molecular weight excluding hydrogens is 346 g/mol. The van der Waals surface area contributed by atoms with Crippen LogP contribution in [-0.2, 0) is 0 Å². The Hall–Kier alpha value is -2.33. The maximum Gasteiger partial charge on any atom is 0.253 e. The first kappa shape index (κ1) is 20.4. The molecule has 0 saturated carbocycles. The predicted molar refractivity (Wildman–Crippen MR) is 117 cm³/mol. The summed E-state index contributed by atoms with van der Waals surface area (Å²) >= 11 is 0. The fourth-order valence-electron chi connectivity index (χ4n) is 4.30. The van der Waals surface area contributed by atoms with Crippen molar-refractivity contribution in [2.45, 2.75) is 33.2 Å². The lowest BCUT2D eigenvalue weighted by Crippen LogP contribution is -2.47. The number of amides is 1. The average Bonchev–Trinajstić information content (AvgIpc) is 2.72. The van der Waals surface area contributed by atoms with E-state index in [0.29, 0.717) is 12.0 Å². The van der Waals surface area contributed by atoms with Crippen molar-refractivity contribution in [3.05, 3.63) is 60.2 Å². The Labute approximate surface area is 169 Å². The number of carbonyl (C=O) groups excluding carboxylic acids is 1. The van der Waals surface area contributed by atoms with Crippen molar-refractivity contribution in [3.63, 3.8) is 0 Å². The summed E-state index contributed by atoms with van der Waals surface area (Å²) in [5.74, 6) is 0.673. The molecule has 1 aliphatic rings. The second kappa shape index (κ2) is 9.24. The molecule has 1 fully saturated rings. The zero-order valence-corrected chi connectivity index (χ0v) is 17.6. The average molecular weight is 380 g/mol. The first-order chi connectivity index (χ1) is 13.5. The van der Waals surface area contributed by atoms with Crippen molar-refractivity contribution in [2.75, 3.05) is 38.1 Å². The quantitative estimate of drug-likeness (QED) is 0.731. The summed E-state index contributed by atoms with van der Waals surface area (Å²) < 4.78 is 0.